The van der Waals surface area contributed by atoms with Crippen LogP contribution in [-0.4, -0.2) is 75.6 Å². The van der Waals surface area contributed by atoms with E-state index in [0.29, 0.717) is 24.1 Å². The maximum atomic E-state index is 12.6. The van der Waals surface area contributed by atoms with Crippen molar-refractivity contribution in [2.75, 3.05) is 54.1 Å². The molecule has 0 bridgehead atoms. The summed E-state index contributed by atoms with van der Waals surface area (Å²) < 4.78 is 34.7. The number of phosphoric ester groups is 1. The van der Waals surface area contributed by atoms with Crippen LogP contribution in [0.5, 0.6) is 0 Å². The number of hydrogen-bond acceptors (Lipinski definition) is 6. The summed E-state index contributed by atoms with van der Waals surface area (Å²) in [5.41, 5.74) is 0. The van der Waals surface area contributed by atoms with Crippen LogP contribution in [-0.2, 0) is 27.9 Å². The SMILES string of the molecule is CC/C=C\C/C=C\C/C=C\CCCCCC(=O)OC(COCCCCCCCCCCCCC)COP(=O)(O)OCC[N+](C)(C)C. The van der Waals surface area contributed by atoms with Gasteiger partial charge in [0.05, 0.1) is 34.4 Å². The van der Waals surface area contributed by atoms with E-state index in [1.807, 2.05) is 21.1 Å². The molecule has 0 saturated heterocycles. The van der Waals surface area contributed by atoms with Crippen LogP contribution in [0.15, 0.2) is 36.5 Å². The topological polar surface area (TPSA) is 91.3 Å². The fraction of sp³-hybridized carbons (Fsp3) is 0.811. The van der Waals surface area contributed by atoms with Crippen LogP contribution < -0.4 is 0 Å². The average molecular weight is 673 g/mol. The van der Waals surface area contributed by atoms with Crippen LogP contribution in [0.3, 0.4) is 0 Å². The largest absolute Gasteiger partial charge is 0.472 e. The zero-order valence-corrected chi connectivity index (χ0v) is 31.2. The van der Waals surface area contributed by atoms with Crippen molar-refractivity contribution >= 4 is 13.8 Å². The zero-order valence-electron chi connectivity index (χ0n) is 30.3. The van der Waals surface area contributed by atoms with Crippen molar-refractivity contribution in [1.29, 1.82) is 0 Å². The van der Waals surface area contributed by atoms with E-state index in [4.69, 9.17) is 18.5 Å². The lowest BCUT2D eigenvalue weighted by molar-refractivity contribution is -0.870. The van der Waals surface area contributed by atoms with Crippen LogP contribution >= 0.6 is 7.82 Å². The maximum Gasteiger partial charge on any atom is 0.472 e. The molecule has 0 spiro atoms. The predicted octanol–water partition coefficient (Wildman–Crippen LogP) is 9.87. The number of rotatable bonds is 33. The number of carbonyl (C=O) groups excluding carboxylic acids is 1. The van der Waals surface area contributed by atoms with E-state index >= 15 is 0 Å². The number of esters is 1. The van der Waals surface area contributed by atoms with E-state index in [1.54, 1.807) is 0 Å². The van der Waals surface area contributed by atoms with Crippen molar-refractivity contribution < 1.29 is 37.3 Å². The maximum absolute atomic E-state index is 12.6. The minimum Gasteiger partial charge on any atom is -0.457 e. The molecule has 0 amide bonds. The Balaban J connectivity index is 4.39. The molecule has 0 aliphatic heterocycles. The summed E-state index contributed by atoms with van der Waals surface area (Å²) in [5, 5.41) is 0. The summed E-state index contributed by atoms with van der Waals surface area (Å²) in [7, 11) is 1.64. The standard InChI is InChI=1S/C37H70NO7P/c1-6-8-10-12-14-16-18-19-20-22-24-26-28-30-37(39)45-36(35-44-46(40,41)43-33-31-38(3,4)5)34-42-32-29-27-25-23-21-17-15-13-11-9-7-2/h8,10,14,16,19-20,36H,6-7,9,11-13,15,17-18,21-35H2,1-5H3/p+1/b10-8-,16-14-,20-19-. The van der Waals surface area contributed by atoms with E-state index in [1.165, 1.54) is 57.8 Å². The quantitative estimate of drug-likeness (QED) is 0.0244. The second-order valence-corrected chi connectivity index (χ2v) is 14.7. The van der Waals surface area contributed by atoms with Crippen LogP contribution in [0.2, 0.25) is 0 Å². The van der Waals surface area contributed by atoms with Gasteiger partial charge in [0, 0.05) is 13.0 Å². The molecule has 0 saturated carbocycles. The summed E-state index contributed by atoms with van der Waals surface area (Å²) in [5.74, 6) is -0.344. The Bertz CT molecular complexity index is 838. The number of unbranched alkanes of at least 4 members (excludes halogenated alkanes) is 13. The minimum atomic E-state index is -4.27. The van der Waals surface area contributed by atoms with Gasteiger partial charge in [0.25, 0.3) is 0 Å². The van der Waals surface area contributed by atoms with Crippen LogP contribution in [0.4, 0.5) is 0 Å². The summed E-state index contributed by atoms with van der Waals surface area (Å²) in [4.78, 5) is 22.7. The van der Waals surface area contributed by atoms with E-state index in [2.05, 4.69) is 50.3 Å². The van der Waals surface area contributed by atoms with Gasteiger partial charge in [-0.25, -0.2) is 4.57 Å². The van der Waals surface area contributed by atoms with Crippen molar-refractivity contribution in [2.24, 2.45) is 0 Å². The van der Waals surface area contributed by atoms with E-state index in [0.717, 1.165) is 57.8 Å². The van der Waals surface area contributed by atoms with Crippen LogP contribution in [0.1, 0.15) is 136 Å². The molecule has 270 valence electrons. The fourth-order valence-corrected chi connectivity index (χ4v) is 5.37. The number of allylic oxidation sites excluding steroid dienone is 6. The summed E-state index contributed by atoms with van der Waals surface area (Å²) in [6, 6.07) is 0. The molecule has 0 aromatic heterocycles. The molecule has 0 radical (unpaired) electrons. The third-order valence-electron chi connectivity index (χ3n) is 7.47. The molecule has 0 aromatic rings. The minimum absolute atomic E-state index is 0.0830. The Morgan fingerprint density at radius 2 is 1.26 bits per heavy atom. The van der Waals surface area contributed by atoms with Gasteiger partial charge in [-0.15, -0.1) is 0 Å². The first-order valence-electron chi connectivity index (χ1n) is 18.2. The third kappa shape index (κ3) is 34.1. The Labute approximate surface area is 283 Å². The summed E-state index contributed by atoms with van der Waals surface area (Å²) in [6.45, 7) is 5.45. The van der Waals surface area contributed by atoms with Crippen molar-refractivity contribution in [3.8, 4) is 0 Å². The number of ether oxygens (including phenoxy) is 2. The van der Waals surface area contributed by atoms with Gasteiger partial charge >= 0.3 is 13.8 Å². The van der Waals surface area contributed by atoms with Gasteiger partial charge in [0.2, 0.25) is 0 Å². The lowest BCUT2D eigenvalue weighted by Gasteiger charge is -2.24. The van der Waals surface area contributed by atoms with Gasteiger partial charge in [-0.05, 0) is 44.9 Å². The predicted molar refractivity (Wildman–Crippen MR) is 192 cm³/mol. The Kier molecular flexibility index (Phi) is 30.2. The number of nitrogens with zero attached hydrogens (tertiary/aromatic N) is 1. The second-order valence-electron chi connectivity index (χ2n) is 13.2. The van der Waals surface area contributed by atoms with Gasteiger partial charge < -0.3 is 18.9 Å². The highest BCUT2D eigenvalue weighted by molar-refractivity contribution is 7.47. The first-order valence-corrected chi connectivity index (χ1v) is 19.7. The van der Waals surface area contributed by atoms with Crippen LogP contribution in [0, 0.1) is 0 Å². The number of carbonyl (C=O) groups is 1. The molecule has 0 rings (SSSR count). The average Bonchev–Trinajstić information content (AvgIpc) is 2.99. The lowest BCUT2D eigenvalue weighted by Crippen LogP contribution is -2.37. The van der Waals surface area contributed by atoms with Gasteiger partial charge in [0.1, 0.15) is 19.3 Å². The first kappa shape index (κ1) is 44.7. The van der Waals surface area contributed by atoms with E-state index < -0.39 is 13.9 Å². The van der Waals surface area contributed by atoms with Crippen molar-refractivity contribution in [2.45, 2.75) is 142 Å². The van der Waals surface area contributed by atoms with Crippen LogP contribution in [0.25, 0.3) is 0 Å². The number of quaternary nitrogens is 1. The zero-order chi connectivity index (χ0) is 34.2. The summed E-state index contributed by atoms with van der Waals surface area (Å²) in [6.07, 6.45) is 33.1. The summed E-state index contributed by atoms with van der Waals surface area (Å²) >= 11 is 0. The van der Waals surface area contributed by atoms with Gasteiger partial charge in [-0.3, -0.25) is 13.8 Å². The number of phosphoric acid groups is 1. The second kappa shape index (κ2) is 31.0. The highest BCUT2D eigenvalue weighted by atomic mass is 31.2. The smallest absolute Gasteiger partial charge is 0.457 e. The molecule has 2 unspecified atom stereocenters. The van der Waals surface area contributed by atoms with Gasteiger partial charge in [-0.2, -0.15) is 0 Å². The Hall–Kier alpha value is -1.28. The molecule has 0 aromatic carbocycles. The molecular weight excluding hydrogens is 601 g/mol. The third-order valence-corrected chi connectivity index (χ3v) is 8.45. The molecule has 0 aliphatic rings. The molecule has 8 nitrogen and oxygen atoms in total. The molecule has 46 heavy (non-hydrogen) atoms. The van der Waals surface area contributed by atoms with Gasteiger partial charge in [0.15, 0.2) is 0 Å². The first-order chi connectivity index (χ1) is 22.1. The Morgan fingerprint density at radius 3 is 1.87 bits per heavy atom. The molecule has 1 N–H and O–H groups in total. The monoisotopic (exact) mass is 672 g/mol. The van der Waals surface area contributed by atoms with Crippen molar-refractivity contribution in [1.82, 2.24) is 0 Å². The highest BCUT2D eigenvalue weighted by Crippen LogP contribution is 2.43. The van der Waals surface area contributed by atoms with E-state index in [9.17, 15) is 14.3 Å². The number of likely N-dealkylation sites (N-methyl/N-ethyl adjacent to an activating group) is 1. The normalized spacial score (nSPS) is 14.5. The fourth-order valence-electron chi connectivity index (χ4n) is 4.62. The lowest BCUT2D eigenvalue weighted by atomic mass is 10.1. The molecule has 0 fully saturated rings. The molecule has 0 aliphatic carbocycles. The molecule has 9 heteroatoms. The molecular formula is C37H71NO7P+. The van der Waals surface area contributed by atoms with Crippen molar-refractivity contribution in [3.05, 3.63) is 36.5 Å². The van der Waals surface area contributed by atoms with E-state index in [-0.39, 0.29) is 25.8 Å². The Morgan fingerprint density at radius 1 is 0.696 bits per heavy atom. The molecule has 2 atom stereocenters. The van der Waals surface area contributed by atoms with Crippen molar-refractivity contribution in [3.63, 3.8) is 0 Å². The van der Waals surface area contributed by atoms with Gasteiger partial charge in [-0.1, -0.05) is 121 Å². The number of hydrogen-bond donors (Lipinski definition) is 1. The molecule has 0 heterocycles. The highest BCUT2D eigenvalue weighted by Gasteiger charge is 2.26.